The van der Waals surface area contributed by atoms with Crippen LogP contribution in [0.25, 0.3) is 55.7 Å². The molecule has 200 valence electrons. The molecule has 0 fully saturated rings. The summed E-state index contributed by atoms with van der Waals surface area (Å²) < 4.78 is 11.5. The number of phenolic OH excluding ortho intramolecular Hbond substituents is 6. The van der Waals surface area contributed by atoms with E-state index in [0.29, 0.717) is 5.56 Å². The molecule has 0 radical (unpaired) electrons. The number of hydrogen-bond donors (Lipinski definition) is 6. The Bertz CT molecular complexity index is 2110. The van der Waals surface area contributed by atoms with Gasteiger partial charge in [-0.1, -0.05) is 0 Å². The molecule has 6 N–H and O–H groups in total. The van der Waals surface area contributed by atoms with Crippen LogP contribution in [0.5, 0.6) is 34.5 Å². The summed E-state index contributed by atoms with van der Waals surface area (Å²) in [6.07, 6.45) is 0. The zero-order valence-corrected chi connectivity index (χ0v) is 20.2. The third kappa shape index (κ3) is 4.74. The number of phenols is 6. The van der Waals surface area contributed by atoms with Gasteiger partial charge in [-0.05, 0) is 42.5 Å². The Kier molecular flexibility index (Phi) is 6.92. The number of hydrogen-bond acceptors (Lipinski definition) is 10. The molecule has 0 unspecified atom stereocenters. The van der Waals surface area contributed by atoms with Crippen LogP contribution >= 0.6 is 0 Å². The maximum atomic E-state index is 13.0. The van der Waals surface area contributed by atoms with Crippen molar-refractivity contribution in [1.82, 2.24) is 0 Å². The first kappa shape index (κ1) is 27.7. The van der Waals surface area contributed by atoms with E-state index in [2.05, 4.69) is 0 Å². The van der Waals surface area contributed by atoms with Gasteiger partial charge in [-0.2, -0.15) is 0 Å². The molecule has 0 saturated heterocycles. The predicted molar refractivity (Wildman–Crippen MR) is 152 cm³/mol. The van der Waals surface area contributed by atoms with E-state index in [0.717, 1.165) is 30.3 Å². The Hall–Kier alpha value is -4.90. The van der Waals surface area contributed by atoms with E-state index in [1.165, 1.54) is 42.5 Å². The van der Waals surface area contributed by atoms with Crippen molar-refractivity contribution in [3.05, 3.63) is 93.2 Å². The summed E-state index contributed by atoms with van der Waals surface area (Å²) in [5.74, 6) is -2.15. The van der Waals surface area contributed by atoms with Gasteiger partial charge in [-0.15, -0.1) is 0 Å². The van der Waals surface area contributed by atoms with Crippen molar-refractivity contribution in [3.8, 4) is 68.3 Å². The molecule has 0 spiro atoms. The van der Waals surface area contributed by atoms with E-state index in [9.17, 15) is 40.2 Å². The molecule has 2 aromatic heterocycles. The van der Waals surface area contributed by atoms with Crippen molar-refractivity contribution in [2.75, 3.05) is 0 Å². The van der Waals surface area contributed by atoms with Gasteiger partial charge >= 0.3 is 29.6 Å². The van der Waals surface area contributed by atoms with Crippen LogP contribution in [0.3, 0.4) is 0 Å². The van der Waals surface area contributed by atoms with Crippen molar-refractivity contribution in [1.29, 1.82) is 0 Å². The van der Waals surface area contributed by atoms with Crippen LogP contribution in [0.4, 0.5) is 0 Å². The Morgan fingerprint density at radius 3 is 1.78 bits per heavy atom. The van der Waals surface area contributed by atoms with Crippen LogP contribution in [0, 0.1) is 0 Å². The standard InChI is InChI=1S/C30H18O10.Na.H/c31-15-4-1-13(2-5-15)23-11-22(37)29-26(39-23)12-20(35)27(30(29)38)17-7-14(3-6-18(17)33)24-10-21(36)28-19(34)8-16(32)9-25(28)40-24;;/h1-12,31-35,38H;;. The molecule has 41 heavy (non-hydrogen) atoms. The Balaban J connectivity index is 0.00000337. The maximum absolute atomic E-state index is 13.0. The average molecular weight is 562 g/mol. The fourth-order valence-electron chi connectivity index (χ4n) is 4.61. The quantitative estimate of drug-likeness (QED) is 0.168. The SMILES string of the molecule is O=c1cc(-c2ccc(O)c(-c3c(O)cc4oc(-c5ccc(O)cc5)cc(=O)c4c3O)c2)oc2cc(O)cc(O)c12.[NaH]. The van der Waals surface area contributed by atoms with Crippen molar-refractivity contribution >= 4 is 51.5 Å². The van der Waals surface area contributed by atoms with E-state index in [-0.39, 0.29) is 97.0 Å². The summed E-state index contributed by atoms with van der Waals surface area (Å²) in [4.78, 5) is 25.7. The number of aromatic hydroxyl groups is 6. The molecule has 0 amide bonds. The molecule has 0 aliphatic rings. The van der Waals surface area contributed by atoms with Gasteiger partial charge in [0.15, 0.2) is 10.9 Å². The second-order valence-electron chi connectivity index (χ2n) is 9.06. The van der Waals surface area contributed by atoms with Gasteiger partial charge in [0.1, 0.15) is 68.0 Å². The molecule has 6 aromatic rings. The Morgan fingerprint density at radius 2 is 1.10 bits per heavy atom. The van der Waals surface area contributed by atoms with Crippen LogP contribution < -0.4 is 10.9 Å². The molecule has 0 saturated carbocycles. The first-order valence-corrected chi connectivity index (χ1v) is 11.8. The molecule has 4 aromatic carbocycles. The van der Waals surface area contributed by atoms with E-state index >= 15 is 0 Å². The van der Waals surface area contributed by atoms with Gasteiger partial charge in [0.05, 0.1) is 5.56 Å². The molecule has 0 atom stereocenters. The second-order valence-corrected chi connectivity index (χ2v) is 9.06. The second kappa shape index (κ2) is 10.3. The van der Waals surface area contributed by atoms with Gasteiger partial charge in [0.25, 0.3) is 0 Å². The predicted octanol–water partition coefficient (Wildman–Crippen LogP) is 4.49. The summed E-state index contributed by atoms with van der Waals surface area (Å²) in [5, 5.41) is 61.6. The van der Waals surface area contributed by atoms with Gasteiger partial charge in [0.2, 0.25) is 0 Å². The molecule has 11 heteroatoms. The molecule has 0 aliphatic carbocycles. The van der Waals surface area contributed by atoms with Gasteiger partial charge in [-0.3, -0.25) is 9.59 Å². The molecular formula is C30H19NaO10. The van der Waals surface area contributed by atoms with Gasteiger partial charge in [0, 0.05) is 47.0 Å². The minimum atomic E-state index is -0.650. The monoisotopic (exact) mass is 562 g/mol. The topological polar surface area (TPSA) is 182 Å². The number of rotatable bonds is 3. The third-order valence-electron chi connectivity index (χ3n) is 6.47. The Morgan fingerprint density at radius 1 is 0.512 bits per heavy atom. The summed E-state index contributed by atoms with van der Waals surface area (Å²) in [6, 6.07) is 15.4. The summed E-state index contributed by atoms with van der Waals surface area (Å²) in [7, 11) is 0. The summed E-state index contributed by atoms with van der Waals surface area (Å²) >= 11 is 0. The van der Waals surface area contributed by atoms with Crippen LogP contribution in [0.15, 0.2) is 91.2 Å². The van der Waals surface area contributed by atoms with E-state index < -0.39 is 28.1 Å². The molecule has 0 aliphatic heterocycles. The zero-order valence-electron chi connectivity index (χ0n) is 20.2. The number of benzene rings is 4. The molecule has 6 rings (SSSR count). The first-order chi connectivity index (χ1) is 19.1. The first-order valence-electron chi connectivity index (χ1n) is 11.8. The van der Waals surface area contributed by atoms with E-state index in [1.54, 1.807) is 0 Å². The van der Waals surface area contributed by atoms with Gasteiger partial charge in [-0.25, -0.2) is 0 Å². The third-order valence-corrected chi connectivity index (χ3v) is 6.47. The fourth-order valence-corrected chi connectivity index (χ4v) is 4.61. The average Bonchev–Trinajstić information content (AvgIpc) is 2.89. The Labute approximate surface area is 251 Å². The van der Waals surface area contributed by atoms with E-state index in [4.69, 9.17) is 8.83 Å². The molecule has 0 bridgehead atoms. The van der Waals surface area contributed by atoms with Crippen LogP contribution in [-0.4, -0.2) is 60.2 Å². The molecule has 2 heterocycles. The van der Waals surface area contributed by atoms with Crippen molar-refractivity contribution in [2.24, 2.45) is 0 Å². The van der Waals surface area contributed by atoms with Crippen molar-refractivity contribution in [2.45, 2.75) is 0 Å². The molecular weight excluding hydrogens is 543 g/mol. The van der Waals surface area contributed by atoms with Crippen LogP contribution in [0.1, 0.15) is 0 Å². The van der Waals surface area contributed by atoms with Crippen molar-refractivity contribution in [3.63, 3.8) is 0 Å². The van der Waals surface area contributed by atoms with Gasteiger partial charge < -0.3 is 39.5 Å². The van der Waals surface area contributed by atoms with Crippen LogP contribution in [-0.2, 0) is 0 Å². The van der Waals surface area contributed by atoms with E-state index in [1.807, 2.05) is 0 Å². The minimum absolute atomic E-state index is 0. The number of fused-ring (bicyclic) bond motifs is 2. The normalized spacial score (nSPS) is 11.0. The van der Waals surface area contributed by atoms with Crippen LogP contribution in [0.2, 0.25) is 0 Å². The van der Waals surface area contributed by atoms with Crippen molar-refractivity contribution < 1.29 is 39.5 Å². The summed E-state index contributed by atoms with van der Waals surface area (Å²) in [6.45, 7) is 0. The summed E-state index contributed by atoms with van der Waals surface area (Å²) in [5.41, 5.74) is -1.07. The molecule has 10 nitrogen and oxygen atoms in total. The zero-order chi connectivity index (χ0) is 28.3. The fraction of sp³-hybridized carbons (Fsp3) is 0.